The van der Waals surface area contributed by atoms with Crippen molar-refractivity contribution in [1.82, 2.24) is 10.6 Å². The van der Waals surface area contributed by atoms with Crippen LogP contribution in [0.25, 0.3) is 0 Å². The first kappa shape index (κ1) is 22.7. The van der Waals surface area contributed by atoms with Crippen LogP contribution in [0.2, 0.25) is 0 Å². The maximum Gasteiger partial charge on any atom is 0.390 e. The third-order valence-corrected chi connectivity index (χ3v) is 3.63. The maximum atomic E-state index is 12.1. The van der Waals surface area contributed by atoms with Crippen molar-refractivity contribution in [3.63, 3.8) is 0 Å². The molecule has 0 saturated carbocycles. The predicted molar refractivity (Wildman–Crippen MR) is 106 cm³/mol. The largest absolute Gasteiger partial charge is 0.488 e. The molecular weight excluding hydrogens is 462 g/mol. The van der Waals surface area contributed by atoms with Crippen molar-refractivity contribution in [1.29, 1.82) is 0 Å². The summed E-state index contributed by atoms with van der Waals surface area (Å²) >= 11 is 0. The number of halogens is 4. The van der Waals surface area contributed by atoms with Gasteiger partial charge in [0.1, 0.15) is 12.2 Å². The van der Waals surface area contributed by atoms with E-state index in [-0.39, 0.29) is 36.1 Å². The molecule has 5 nitrogen and oxygen atoms in total. The number of benzene rings is 1. The number of hydrogen-bond acceptors (Lipinski definition) is 3. The lowest BCUT2D eigenvalue weighted by Crippen LogP contribution is -2.40. The third kappa shape index (κ3) is 7.08. The molecule has 0 bridgehead atoms. The number of rotatable bonds is 6. The van der Waals surface area contributed by atoms with Crippen molar-refractivity contribution in [2.24, 2.45) is 4.99 Å². The second-order valence-corrected chi connectivity index (χ2v) is 6.42. The van der Waals surface area contributed by atoms with Gasteiger partial charge < -0.3 is 20.1 Å². The summed E-state index contributed by atoms with van der Waals surface area (Å²) in [6.07, 6.45) is -4.27. The molecule has 0 unspecified atom stereocenters. The van der Waals surface area contributed by atoms with Crippen LogP contribution in [0.3, 0.4) is 0 Å². The monoisotopic (exact) mass is 487 g/mol. The SMILES string of the molecule is CN=C(NCCOc1cccc2c1OC(C)(C)C2)NCCC(F)(F)F.I. The summed E-state index contributed by atoms with van der Waals surface area (Å²) in [5.41, 5.74) is 0.866. The topological polar surface area (TPSA) is 54.9 Å². The fourth-order valence-corrected chi connectivity index (χ4v) is 2.57. The normalized spacial score (nSPS) is 15.5. The quantitative estimate of drug-likeness (QED) is 0.279. The Morgan fingerprint density at radius 2 is 1.96 bits per heavy atom. The minimum atomic E-state index is -4.18. The van der Waals surface area contributed by atoms with Crippen molar-refractivity contribution in [3.8, 4) is 11.5 Å². The van der Waals surface area contributed by atoms with Gasteiger partial charge in [-0.15, -0.1) is 24.0 Å². The summed E-state index contributed by atoms with van der Waals surface area (Å²) in [6, 6.07) is 5.78. The Labute approximate surface area is 168 Å². The van der Waals surface area contributed by atoms with Gasteiger partial charge in [0, 0.05) is 25.6 Å². The van der Waals surface area contributed by atoms with Crippen LogP contribution in [0, 0.1) is 0 Å². The molecule has 1 aromatic rings. The van der Waals surface area contributed by atoms with E-state index in [4.69, 9.17) is 9.47 Å². The Hall–Kier alpha value is -1.39. The average Bonchev–Trinajstić information content (AvgIpc) is 2.83. The first-order valence-corrected chi connectivity index (χ1v) is 8.15. The van der Waals surface area contributed by atoms with Crippen LogP contribution in [-0.2, 0) is 6.42 Å². The van der Waals surface area contributed by atoms with E-state index >= 15 is 0 Å². The molecule has 26 heavy (non-hydrogen) atoms. The minimum absolute atomic E-state index is 0. The Bertz CT molecular complexity index is 622. The number of fused-ring (bicyclic) bond motifs is 1. The van der Waals surface area contributed by atoms with E-state index in [9.17, 15) is 13.2 Å². The molecule has 2 rings (SSSR count). The lowest BCUT2D eigenvalue weighted by molar-refractivity contribution is -0.132. The molecule has 1 aliphatic heterocycles. The van der Waals surface area contributed by atoms with Gasteiger partial charge in [-0.05, 0) is 19.9 Å². The van der Waals surface area contributed by atoms with Crippen molar-refractivity contribution in [3.05, 3.63) is 23.8 Å². The highest BCUT2D eigenvalue weighted by Crippen LogP contribution is 2.41. The van der Waals surface area contributed by atoms with Crippen molar-refractivity contribution in [2.75, 3.05) is 26.7 Å². The van der Waals surface area contributed by atoms with Gasteiger partial charge >= 0.3 is 6.18 Å². The van der Waals surface area contributed by atoms with Crippen molar-refractivity contribution >= 4 is 29.9 Å². The molecule has 1 aliphatic rings. The molecule has 0 aliphatic carbocycles. The van der Waals surface area contributed by atoms with Gasteiger partial charge in [0.15, 0.2) is 17.5 Å². The molecule has 0 radical (unpaired) electrons. The standard InChI is InChI=1S/C17H24F3N3O2.HI/c1-16(2)11-12-5-4-6-13(14(12)25-16)24-10-9-23-15(21-3)22-8-7-17(18,19)20;/h4-6H,7-11H2,1-3H3,(H2,21,22,23);1H. The molecule has 0 atom stereocenters. The number of nitrogens with one attached hydrogen (secondary N) is 2. The van der Waals surface area contributed by atoms with Gasteiger partial charge in [-0.2, -0.15) is 13.2 Å². The fraction of sp³-hybridized carbons (Fsp3) is 0.588. The van der Waals surface area contributed by atoms with Gasteiger partial charge in [-0.1, -0.05) is 12.1 Å². The van der Waals surface area contributed by atoms with Gasteiger partial charge in [-0.25, -0.2) is 0 Å². The molecule has 0 saturated heterocycles. The number of guanidine groups is 1. The number of nitrogens with zero attached hydrogens (tertiary/aromatic N) is 1. The van der Waals surface area contributed by atoms with E-state index in [1.54, 1.807) is 0 Å². The zero-order valence-corrected chi connectivity index (χ0v) is 17.4. The Kier molecular flexibility index (Phi) is 8.29. The van der Waals surface area contributed by atoms with Crippen LogP contribution in [0.5, 0.6) is 11.5 Å². The number of ether oxygens (including phenoxy) is 2. The molecular formula is C17H25F3IN3O2. The second kappa shape index (κ2) is 9.52. The van der Waals surface area contributed by atoms with E-state index < -0.39 is 12.6 Å². The molecule has 0 spiro atoms. The Morgan fingerprint density at radius 1 is 1.27 bits per heavy atom. The molecule has 0 fully saturated rings. The summed E-state index contributed by atoms with van der Waals surface area (Å²) in [6.45, 7) is 4.56. The van der Waals surface area contributed by atoms with E-state index in [1.807, 2.05) is 32.0 Å². The molecule has 2 N–H and O–H groups in total. The van der Waals surface area contributed by atoms with Crippen LogP contribution in [0.15, 0.2) is 23.2 Å². The molecule has 148 valence electrons. The summed E-state index contributed by atoms with van der Waals surface area (Å²) in [5.74, 6) is 1.74. The highest BCUT2D eigenvalue weighted by molar-refractivity contribution is 14.0. The summed E-state index contributed by atoms with van der Waals surface area (Å²) in [4.78, 5) is 3.88. The van der Waals surface area contributed by atoms with Gasteiger partial charge in [0.05, 0.1) is 13.0 Å². The van der Waals surface area contributed by atoms with Crippen molar-refractivity contribution in [2.45, 2.75) is 38.5 Å². The third-order valence-electron chi connectivity index (χ3n) is 3.63. The minimum Gasteiger partial charge on any atom is -0.488 e. The van der Waals surface area contributed by atoms with Crippen LogP contribution >= 0.6 is 24.0 Å². The first-order chi connectivity index (χ1) is 11.7. The zero-order chi connectivity index (χ0) is 18.5. The molecule has 1 aromatic carbocycles. The predicted octanol–water partition coefficient (Wildman–Crippen LogP) is 3.51. The van der Waals surface area contributed by atoms with Crippen LogP contribution in [0.1, 0.15) is 25.8 Å². The Morgan fingerprint density at radius 3 is 2.62 bits per heavy atom. The van der Waals surface area contributed by atoms with Gasteiger partial charge in [0.2, 0.25) is 0 Å². The molecule has 0 amide bonds. The van der Waals surface area contributed by atoms with E-state index in [2.05, 4.69) is 15.6 Å². The van der Waals surface area contributed by atoms with Crippen LogP contribution in [0.4, 0.5) is 13.2 Å². The lowest BCUT2D eigenvalue weighted by Gasteiger charge is -2.18. The van der Waals surface area contributed by atoms with Gasteiger partial charge in [-0.3, -0.25) is 4.99 Å². The fourth-order valence-electron chi connectivity index (χ4n) is 2.57. The number of alkyl halides is 3. The highest BCUT2D eigenvalue weighted by atomic mass is 127. The molecule has 0 aromatic heterocycles. The maximum absolute atomic E-state index is 12.1. The van der Waals surface area contributed by atoms with Crippen LogP contribution < -0.4 is 20.1 Å². The van der Waals surface area contributed by atoms with E-state index in [0.717, 1.165) is 17.7 Å². The van der Waals surface area contributed by atoms with E-state index in [1.165, 1.54) is 7.05 Å². The zero-order valence-electron chi connectivity index (χ0n) is 15.1. The Balaban J connectivity index is 0.00000338. The molecule has 1 heterocycles. The summed E-state index contributed by atoms with van der Waals surface area (Å²) in [7, 11) is 1.50. The van der Waals surface area contributed by atoms with Crippen molar-refractivity contribution < 1.29 is 22.6 Å². The average molecular weight is 487 g/mol. The summed E-state index contributed by atoms with van der Waals surface area (Å²) < 4.78 is 48.1. The number of hydrogen-bond donors (Lipinski definition) is 2. The lowest BCUT2D eigenvalue weighted by atomic mass is 10.0. The highest BCUT2D eigenvalue weighted by Gasteiger charge is 2.32. The first-order valence-electron chi connectivity index (χ1n) is 8.15. The molecule has 9 heteroatoms. The van der Waals surface area contributed by atoms with Gasteiger partial charge in [0.25, 0.3) is 0 Å². The second-order valence-electron chi connectivity index (χ2n) is 6.42. The smallest absolute Gasteiger partial charge is 0.390 e. The van der Waals surface area contributed by atoms with E-state index in [0.29, 0.717) is 24.9 Å². The number of para-hydroxylation sites is 1. The van der Waals surface area contributed by atoms with Crippen LogP contribution in [-0.4, -0.2) is 44.5 Å². The number of aliphatic imine (C=N–C) groups is 1. The summed E-state index contributed by atoms with van der Waals surface area (Å²) in [5, 5.41) is 5.53.